The Hall–Kier alpha value is 0.0700. The van der Waals surface area contributed by atoms with Gasteiger partial charge in [-0.2, -0.15) is 0 Å². The second-order valence-electron chi connectivity index (χ2n) is 7.03. The molecule has 0 spiro atoms. The molecule has 0 heterocycles. The van der Waals surface area contributed by atoms with Gasteiger partial charge in [-0.15, -0.1) is 0 Å². The van der Waals surface area contributed by atoms with E-state index < -0.39 is 19.1 Å². The molecule has 0 fully saturated rings. The molecule has 25 heavy (non-hydrogen) atoms. The first-order valence-electron chi connectivity index (χ1n) is 10.1. The number of aliphatic hydroxyl groups excluding tert-OH is 3. The van der Waals surface area contributed by atoms with Crippen molar-refractivity contribution < 1.29 is 24.6 Å². The Morgan fingerprint density at radius 2 is 1.28 bits per heavy atom. The zero-order valence-corrected chi connectivity index (χ0v) is 17.3. The largest absolute Gasteiger partial charge is 0.396 e. The summed E-state index contributed by atoms with van der Waals surface area (Å²) < 4.78 is 18.6. The van der Waals surface area contributed by atoms with E-state index in [9.17, 15) is 9.67 Å². The predicted octanol–water partition coefficient (Wildman–Crippen LogP) is 3.98. The molecule has 0 saturated carbocycles. The van der Waals surface area contributed by atoms with E-state index in [1.54, 1.807) is 6.92 Å². The Morgan fingerprint density at radius 1 is 0.840 bits per heavy atom. The summed E-state index contributed by atoms with van der Waals surface area (Å²) >= 11 is 0. The standard InChI is InChI=1S/C19H41O5P/c1-3-4-5-6-7-8-9-10-11-12-15-24-19(18(2)22)25(23,16-13-20)17-14-21/h18-22H,3-17H2,1-2H3. The summed E-state index contributed by atoms with van der Waals surface area (Å²) in [4.78, 5) is 0. The number of hydrogen-bond donors (Lipinski definition) is 3. The minimum atomic E-state index is -2.94. The van der Waals surface area contributed by atoms with Gasteiger partial charge in [0.15, 0.2) is 0 Å². The Bertz CT molecular complexity index is 326. The van der Waals surface area contributed by atoms with Crippen LogP contribution in [0.5, 0.6) is 0 Å². The molecule has 0 aromatic rings. The maximum absolute atomic E-state index is 12.9. The van der Waals surface area contributed by atoms with Gasteiger partial charge in [0.05, 0.1) is 6.10 Å². The maximum Gasteiger partial charge on any atom is 0.136 e. The van der Waals surface area contributed by atoms with E-state index in [0.29, 0.717) is 6.61 Å². The molecule has 0 amide bonds. The van der Waals surface area contributed by atoms with Gasteiger partial charge in [-0.25, -0.2) is 0 Å². The van der Waals surface area contributed by atoms with Gasteiger partial charge in [0.2, 0.25) is 0 Å². The molecule has 3 N–H and O–H groups in total. The highest BCUT2D eigenvalue weighted by atomic mass is 31.2. The van der Waals surface area contributed by atoms with Crippen molar-refractivity contribution in [2.24, 2.45) is 0 Å². The van der Waals surface area contributed by atoms with Gasteiger partial charge in [0, 0.05) is 32.1 Å². The number of ether oxygens (including phenoxy) is 1. The van der Waals surface area contributed by atoms with Crippen LogP contribution in [-0.4, -0.2) is 59.4 Å². The zero-order chi connectivity index (χ0) is 19.0. The van der Waals surface area contributed by atoms with E-state index >= 15 is 0 Å². The molecular weight excluding hydrogens is 339 g/mol. The van der Waals surface area contributed by atoms with E-state index in [2.05, 4.69) is 6.92 Å². The third kappa shape index (κ3) is 12.1. The fraction of sp³-hybridized carbons (Fsp3) is 1.00. The van der Waals surface area contributed by atoms with Crippen molar-refractivity contribution in [1.82, 2.24) is 0 Å². The summed E-state index contributed by atoms with van der Waals surface area (Å²) in [7, 11) is -2.94. The Labute approximate surface area is 154 Å². The topological polar surface area (TPSA) is 87.0 Å². The van der Waals surface area contributed by atoms with E-state index in [1.807, 2.05) is 0 Å². The van der Waals surface area contributed by atoms with Gasteiger partial charge in [-0.05, 0) is 13.3 Å². The van der Waals surface area contributed by atoms with Gasteiger partial charge in [-0.3, -0.25) is 0 Å². The molecule has 0 aliphatic carbocycles. The Kier molecular flexibility index (Phi) is 16.3. The van der Waals surface area contributed by atoms with Crippen LogP contribution in [0.2, 0.25) is 0 Å². The predicted molar refractivity (Wildman–Crippen MR) is 105 cm³/mol. The highest BCUT2D eigenvalue weighted by molar-refractivity contribution is 7.64. The lowest BCUT2D eigenvalue weighted by Gasteiger charge is -2.29. The minimum Gasteiger partial charge on any atom is -0.396 e. The smallest absolute Gasteiger partial charge is 0.136 e. The van der Waals surface area contributed by atoms with Crippen LogP contribution in [0.3, 0.4) is 0 Å². The monoisotopic (exact) mass is 380 g/mol. The minimum absolute atomic E-state index is 0.0845. The molecule has 0 rings (SSSR count). The van der Waals surface area contributed by atoms with Crippen LogP contribution in [0.1, 0.15) is 78.1 Å². The lowest BCUT2D eigenvalue weighted by Crippen LogP contribution is -2.30. The number of aliphatic hydroxyl groups is 3. The first-order chi connectivity index (χ1) is 12.0. The molecule has 5 nitrogen and oxygen atoms in total. The number of hydrogen-bond acceptors (Lipinski definition) is 5. The first kappa shape index (κ1) is 25.1. The van der Waals surface area contributed by atoms with Crippen molar-refractivity contribution in [3.8, 4) is 0 Å². The number of unbranched alkanes of at least 4 members (excludes halogenated alkanes) is 9. The SMILES string of the molecule is CCCCCCCCCCCCOC(C(C)O)P(=O)(CCO)CCO. The quantitative estimate of drug-likeness (QED) is 0.247. The molecule has 0 aliphatic heterocycles. The zero-order valence-electron chi connectivity index (χ0n) is 16.4. The van der Waals surface area contributed by atoms with E-state index in [-0.39, 0.29) is 25.5 Å². The van der Waals surface area contributed by atoms with Crippen LogP contribution in [0, 0.1) is 0 Å². The van der Waals surface area contributed by atoms with Crippen LogP contribution in [-0.2, 0) is 9.30 Å². The van der Waals surface area contributed by atoms with Gasteiger partial charge in [0.25, 0.3) is 0 Å². The molecule has 0 aromatic carbocycles. The highest BCUT2D eigenvalue weighted by Gasteiger charge is 2.36. The average Bonchev–Trinajstić information content (AvgIpc) is 2.56. The van der Waals surface area contributed by atoms with Gasteiger partial charge in [-0.1, -0.05) is 64.7 Å². The van der Waals surface area contributed by atoms with Crippen molar-refractivity contribution in [2.45, 2.75) is 90.0 Å². The second-order valence-corrected chi connectivity index (χ2v) is 10.3. The van der Waals surface area contributed by atoms with E-state index in [4.69, 9.17) is 14.9 Å². The highest BCUT2D eigenvalue weighted by Crippen LogP contribution is 2.51. The molecular formula is C19H41O5P. The van der Waals surface area contributed by atoms with Crippen molar-refractivity contribution in [2.75, 3.05) is 32.1 Å². The van der Waals surface area contributed by atoms with Crippen LogP contribution in [0.4, 0.5) is 0 Å². The van der Waals surface area contributed by atoms with Gasteiger partial charge >= 0.3 is 0 Å². The summed E-state index contributed by atoms with van der Waals surface area (Å²) in [5.74, 6) is -0.787. The fourth-order valence-electron chi connectivity index (χ4n) is 3.17. The Morgan fingerprint density at radius 3 is 1.68 bits per heavy atom. The first-order valence-corrected chi connectivity index (χ1v) is 12.3. The number of rotatable bonds is 18. The van der Waals surface area contributed by atoms with Crippen molar-refractivity contribution in [3.63, 3.8) is 0 Å². The summed E-state index contributed by atoms with van der Waals surface area (Å²) in [6.45, 7) is 3.82. The lowest BCUT2D eigenvalue weighted by atomic mass is 10.1. The molecule has 0 bridgehead atoms. The molecule has 0 radical (unpaired) electrons. The van der Waals surface area contributed by atoms with Gasteiger partial charge in [0.1, 0.15) is 13.0 Å². The van der Waals surface area contributed by atoms with Crippen molar-refractivity contribution in [3.05, 3.63) is 0 Å². The van der Waals surface area contributed by atoms with E-state index in [1.165, 1.54) is 51.4 Å². The Balaban J connectivity index is 3.92. The van der Waals surface area contributed by atoms with Crippen LogP contribution >= 0.6 is 7.14 Å². The normalized spacial score (nSPS) is 14.6. The third-order valence-corrected chi connectivity index (χ3v) is 8.04. The molecule has 0 saturated heterocycles. The molecule has 0 aromatic heterocycles. The summed E-state index contributed by atoms with van der Waals surface area (Å²) in [5.41, 5.74) is 0. The summed E-state index contributed by atoms with van der Waals surface area (Å²) in [6, 6.07) is 0. The molecule has 152 valence electrons. The lowest BCUT2D eigenvalue weighted by molar-refractivity contribution is 0.0141. The molecule has 0 aliphatic rings. The maximum atomic E-state index is 12.9. The molecule has 2 atom stereocenters. The molecule has 2 unspecified atom stereocenters. The average molecular weight is 381 g/mol. The third-order valence-electron chi connectivity index (χ3n) is 4.62. The second kappa shape index (κ2) is 16.3. The van der Waals surface area contributed by atoms with Crippen molar-refractivity contribution in [1.29, 1.82) is 0 Å². The van der Waals surface area contributed by atoms with E-state index in [0.717, 1.165) is 12.8 Å². The summed E-state index contributed by atoms with van der Waals surface area (Å²) in [6.07, 6.45) is 11.6. The van der Waals surface area contributed by atoms with Crippen molar-refractivity contribution >= 4 is 7.14 Å². The molecule has 6 heteroatoms. The van der Waals surface area contributed by atoms with Crippen LogP contribution in [0.25, 0.3) is 0 Å². The summed E-state index contributed by atoms with van der Waals surface area (Å²) in [5, 5.41) is 28.2. The van der Waals surface area contributed by atoms with Gasteiger partial charge < -0.3 is 24.6 Å². The van der Waals surface area contributed by atoms with Crippen LogP contribution in [0.15, 0.2) is 0 Å². The fourth-order valence-corrected chi connectivity index (χ4v) is 5.74. The van der Waals surface area contributed by atoms with Crippen LogP contribution < -0.4 is 0 Å².